The predicted molar refractivity (Wildman–Crippen MR) is 112 cm³/mol. The molecule has 0 spiro atoms. The van der Waals surface area contributed by atoms with Gasteiger partial charge >= 0.3 is 6.01 Å². The zero-order chi connectivity index (χ0) is 21.2. The van der Waals surface area contributed by atoms with Gasteiger partial charge in [0.05, 0.1) is 24.8 Å². The first-order valence-corrected chi connectivity index (χ1v) is 10.3. The van der Waals surface area contributed by atoms with Crippen LogP contribution in [0.2, 0.25) is 0 Å². The molecule has 154 valence electrons. The van der Waals surface area contributed by atoms with Crippen LogP contribution in [0, 0.1) is 18.3 Å². The molecule has 0 unspecified atom stereocenters. The van der Waals surface area contributed by atoms with Gasteiger partial charge in [0.25, 0.3) is 0 Å². The Morgan fingerprint density at radius 2 is 1.72 bits per heavy atom. The standard InChI is InChI=1S/C23H29N3O3/c1-5-8-10-28-22-19(7-3)20(25-23(26-22)29-11-9-6-2)21(27)18-13-16(4)12-17(14-18)15-24/h12-14H,5-11H2,1-4H3. The van der Waals surface area contributed by atoms with Crippen LogP contribution in [0.5, 0.6) is 11.9 Å². The number of nitrogens with zero attached hydrogens (tertiary/aromatic N) is 3. The Hall–Kier alpha value is -2.94. The summed E-state index contributed by atoms with van der Waals surface area (Å²) >= 11 is 0. The molecule has 0 radical (unpaired) electrons. The number of carbonyl (C=O) groups is 1. The fraction of sp³-hybridized carbons (Fsp3) is 0.478. The second-order valence-electron chi connectivity index (χ2n) is 6.92. The quantitative estimate of drug-likeness (QED) is 0.401. The molecule has 6 nitrogen and oxygen atoms in total. The van der Waals surface area contributed by atoms with Gasteiger partial charge in [0.15, 0.2) is 0 Å². The van der Waals surface area contributed by atoms with E-state index in [9.17, 15) is 10.1 Å². The third-order valence-corrected chi connectivity index (χ3v) is 4.45. The zero-order valence-electron chi connectivity index (χ0n) is 17.7. The summed E-state index contributed by atoms with van der Waals surface area (Å²) in [5.41, 5.74) is 2.65. The molecule has 29 heavy (non-hydrogen) atoms. The molecule has 1 aromatic carbocycles. The van der Waals surface area contributed by atoms with E-state index in [1.165, 1.54) is 0 Å². The Balaban J connectivity index is 2.50. The molecule has 0 amide bonds. The number of hydrogen-bond donors (Lipinski definition) is 0. The lowest BCUT2D eigenvalue weighted by atomic mass is 9.99. The van der Waals surface area contributed by atoms with Crippen molar-refractivity contribution in [2.45, 2.75) is 59.8 Å². The van der Waals surface area contributed by atoms with Crippen molar-refractivity contribution < 1.29 is 14.3 Å². The van der Waals surface area contributed by atoms with Crippen LogP contribution in [0.25, 0.3) is 0 Å². The molecule has 2 aromatic rings. The zero-order valence-corrected chi connectivity index (χ0v) is 17.7. The third-order valence-electron chi connectivity index (χ3n) is 4.45. The maximum Gasteiger partial charge on any atom is 0.320 e. The number of ketones is 1. The molecular formula is C23H29N3O3. The number of aryl methyl sites for hydroxylation is 1. The molecule has 0 aliphatic rings. The number of aromatic nitrogens is 2. The van der Waals surface area contributed by atoms with Crippen molar-refractivity contribution >= 4 is 5.78 Å². The number of benzene rings is 1. The number of carbonyl (C=O) groups excluding carboxylic acids is 1. The minimum Gasteiger partial charge on any atom is -0.477 e. The summed E-state index contributed by atoms with van der Waals surface area (Å²) in [4.78, 5) is 22.1. The summed E-state index contributed by atoms with van der Waals surface area (Å²) in [6.07, 6.45) is 4.30. The predicted octanol–water partition coefficient (Wildman–Crippen LogP) is 4.81. The second-order valence-corrected chi connectivity index (χ2v) is 6.92. The van der Waals surface area contributed by atoms with Crippen LogP contribution in [0.1, 0.15) is 79.2 Å². The molecule has 1 heterocycles. The summed E-state index contributed by atoms with van der Waals surface area (Å²) in [6.45, 7) is 8.96. The van der Waals surface area contributed by atoms with E-state index in [0.29, 0.717) is 42.2 Å². The summed E-state index contributed by atoms with van der Waals surface area (Å²) in [5, 5.41) is 9.24. The fourth-order valence-electron chi connectivity index (χ4n) is 2.87. The Kier molecular flexibility index (Phi) is 8.60. The van der Waals surface area contributed by atoms with Crippen molar-refractivity contribution in [2.75, 3.05) is 13.2 Å². The van der Waals surface area contributed by atoms with Gasteiger partial charge in [0, 0.05) is 11.1 Å². The SMILES string of the molecule is CCCCOc1nc(OCCCC)c(CC)c(C(=O)c2cc(C)cc(C#N)c2)n1. The van der Waals surface area contributed by atoms with Crippen LogP contribution >= 0.6 is 0 Å². The molecule has 0 saturated heterocycles. The van der Waals surface area contributed by atoms with Gasteiger partial charge in [0.1, 0.15) is 5.69 Å². The van der Waals surface area contributed by atoms with Crippen molar-refractivity contribution in [3.05, 3.63) is 46.1 Å². The first-order valence-electron chi connectivity index (χ1n) is 10.3. The van der Waals surface area contributed by atoms with E-state index in [2.05, 4.69) is 29.9 Å². The smallest absolute Gasteiger partial charge is 0.320 e. The Labute approximate surface area is 172 Å². The van der Waals surface area contributed by atoms with Gasteiger partial charge in [-0.3, -0.25) is 4.79 Å². The molecular weight excluding hydrogens is 366 g/mol. The lowest BCUT2D eigenvalue weighted by Gasteiger charge is -2.15. The molecule has 6 heteroatoms. The molecule has 0 fully saturated rings. The Morgan fingerprint density at radius 3 is 2.34 bits per heavy atom. The van der Waals surface area contributed by atoms with Crippen LogP contribution in [0.15, 0.2) is 18.2 Å². The maximum atomic E-state index is 13.3. The highest BCUT2D eigenvalue weighted by atomic mass is 16.5. The average Bonchev–Trinajstić information content (AvgIpc) is 2.72. The maximum absolute atomic E-state index is 13.3. The Bertz CT molecular complexity index is 888. The summed E-state index contributed by atoms with van der Waals surface area (Å²) in [5.74, 6) is 0.143. The third kappa shape index (κ3) is 6.02. The second kappa shape index (κ2) is 11.2. The minimum absolute atomic E-state index is 0.152. The number of ether oxygens (including phenoxy) is 2. The number of rotatable bonds is 11. The first kappa shape index (κ1) is 22.4. The van der Waals surface area contributed by atoms with E-state index >= 15 is 0 Å². The monoisotopic (exact) mass is 395 g/mol. The van der Waals surface area contributed by atoms with Crippen molar-refractivity contribution in [3.63, 3.8) is 0 Å². The molecule has 0 N–H and O–H groups in total. The summed E-state index contributed by atoms with van der Waals surface area (Å²) < 4.78 is 11.6. The van der Waals surface area contributed by atoms with Gasteiger partial charge in [-0.2, -0.15) is 15.2 Å². The Morgan fingerprint density at radius 1 is 1.03 bits per heavy atom. The van der Waals surface area contributed by atoms with E-state index in [-0.39, 0.29) is 17.5 Å². The molecule has 0 bridgehead atoms. The van der Waals surface area contributed by atoms with Crippen LogP contribution in [0.4, 0.5) is 0 Å². The minimum atomic E-state index is -0.259. The number of unbranched alkanes of at least 4 members (excludes halogenated alkanes) is 2. The highest BCUT2D eigenvalue weighted by Crippen LogP contribution is 2.26. The van der Waals surface area contributed by atoms with Crippen molar-refractivity contribution in [1.82, 2.24) is 9.97 Å². The largest absolute Gasteiger partial charge is 0.477 e. The highest BCUT2D eigenvalue weighted by molar-refractivity contribution is 6.09. The van der Waals surface area contributed by atoms with Crippen molar-refractivity contribution in [3.8, 4) is 18.0 Å². The van der Waals surface area contributed by atoms with Crippen LogP contribution < -0.4 is 9.47 Å². The summed E-state index contributed by atoms with van der Waals surface area (Å²) in [7, 11) is 0. The average molecular weight is 396 g/mol. The van der Waals surface area contributed by atoms with Crippen molar-refractivity contribution in [1.29, 1.82) is 5.26 Å². The van der Waals surface area contributed by atoms with E-state index in [1.54, 1.807) is 18.2 Å². The van der Waals surface area contributed by atoms with Gasteiger partial charge < -0.3 is 9.47 Å². The molecule has 2 rings (SSSR count). The number of nitriles is 1. The van der Waals surface area contributed by atoms with E-state index in [0.717, 1.165) is 31.2 Å². The first-order chi connectivity index (χ1) is 14.0. The lowest BCUT2D eigenvalue weighted by molar-refractivity contribution is 0.103. The molecule has 0 aliphatic heterocycles. The van der Waals surface area contributed by atoms with Crippen LogP contribution in [0.3, 0.4) is 0 Å². The van der Waals surface area contributed by atoms with Gasteiger partial charge in [-0.15, -0.1) is 0 Å². The van der Waals surface area contributed by atoms with Gasteiger partial charge in [-0.1, -0.05) is 33.6 Å². The van der Waals surface area contributed by atoms with E-state index < -0.39 is 0 Å². The summed E-state index contributed by atoms with van der Waals surface area (Å²) in [6, 6.07) is 7.35. The van der Waals surface area contributed by atoms with Gasteiger partial charge in [0.2, 0.25) is 11.7 Å². The molecule has 0 atom stereocenters. The van der Waals surface area contributed by atoms with Gasteiger partial charge in [-0.25, -0.2) is 0 Å². The van der Waals surface area contributed by atoms with E-state index in [1.807, 2.05) is 13.8 Å². The molecule has 1 aromatic heterocycles. The van der Waals surface area contributed by atoms with Crippen LogP contribution in [-0.2, 0) is 6.42 Å². The number of hydrogen-bond acceptors (Lipinski definition) is 6. The fourth-order valence-corrected chi connectivity index (χ4v) is 2.87. The van der Waals surface area contributed by atoms with Crippen LogP contribution in [-0.4, -0.2) is 29.0 Å². The molecule has 0 aliphatic carbocycles. The van der Waals surface area contributed by atoms with Gasteiger partial charge in [-0.05, 0) is 49.9 Å². The topological polar surface area (TPSA) is 85.1 Å². The lowest BCUT2D eigenvalue weighted by Crippen LogP contribution is -2.14. The normalized spacial score (nSPS) is 10.4. The highest BCUT2D eigenvalue weighted by Gasteiger charge is 2.22. The van der Waals surface area contributed by atoms with E-state index in [4.69, 9.17) is 9.47 Å². The van der Waals surface area contributed by atoms with Crippen molar-refractivity contribution in [2.24, 2.45) is 0 Å². The molecule has 0 saturated carbocycles.